The van der Waals surface area contributed by atoms with Crippen LogP contribution in [0.2, 0.25) is 0 Å². The zero-order chi connectivity index (χ0) is 9.97. The number of aromatic nitrogens is 1. The summed E-state index contributed by atoms with van der Waals surface area (Å²) in [6.07, 6.45) is 8.29. The van der Waals surface area contributed by atoms with Gasteiger partial charge >= 0.3 is 0 Å². The van der Waals surface area contributed by atoms with Gasteiger partial charge in [-0.05, 0) is 25.7 Å². The number of pyridine rings is 1. The van der Waals surface area contributed by atoms with Crippen molar-refractivity contribution in [3.8, 4) is 0 Å². The lowest BCUT2D eigenvalue weighted by Gasteiger charge is -2.05. The predicted molar refractivity (Wildman–Crippen MR) is 59.8 cm³/mol. The van der Waals surface area contributed by atoms with Crippen molar-refractivity contribution < 1.29 is 0 Å². The van der Waals surface area contributed by atoms with Crippen molar-refractivity contribution in [2.24, 2.45) is 0 Å². The average molecular weight is 186 g/mol. The van der Waals surface area contributed by atoms with Crippen LogP contribution in [0.4, 0.5) is 0 Å². The molecule has 0 atom stereocenters. The van der Waals surface area contributed by atoms with Gasteiger partial charge < -0.3 is 4.90 Å². The van der Waals surface area contributed by atoms with Gasteiger partial charge in [-0.2, -0.15) is 0 Å². The van der Waals surface area contributed by atoms with Gasteiger partial charge in [-0.3, -0.25) is 4.98 Å². The number of hydrogen-bond acceptors (Lipinski definition) is 2. The number of nitrogens with zero attached hydrogens (tertiary/aromatic N) is 2. The van der Waals surface area contributed by atoms with Gasteiger partial charge in [0, 0.05) is 18.3 Å². The topological polar surface area (TPSA) is 16.1 Å². The first-order valence-corrected chi connectivity index (χ1v) is 4.76. The molecule has 0 radical (unpaired) electrons. The highest BCUT2D eigenvalue weighted by Crippen LogP contribution is 2.26. The maximum atomic E-state index is 4.37. The Morgan fingerprint density at radius 2 is 2.21 bits per heavy atom. The lowest BCUT2D eigenvalue weighted by molar-refractivity contribution is 0.457. The highest BCUT2D eigenvalue weighted by molar-refractivity contribution is 5.87. The van der Waals surface area contributed by atoms with Gasteiger partial charge in [-0.25, -0.2) is 0 Å². The van der Waals surface area contributed by atoms with Crippen molar-refractivity contribution in [2.45, 2.75) is 0 Å². The molecule has 0 aliphatic heterocycles. The van der Waals surface area contributed by atoms with Crippen LogP contribution in [0.3, 0.4) is 0 Å². The molecular formula is C12H14N2. The van der Waals surface area contributed by atoms with Crippen molar-refractivity contribution in [3.05, 3.63) is 41.7 Å². The van der Waals surface area contributed by atoms with Crippen molar-refractivity contribution >= 4 is 11.6 Å². The van der Waals surface area contributed by atoms with E-state index in [9.17, 15) is 0 Å². The van der Waals surface area contributed by atoms with Gasteiger partial charge in [0.2, 0.25) is 0 Å². The van der Waals surface area contributed by atoms with E-state index >= 15 is 0 Å². The Morgan fingerprint density at radius 1 is 1.36 bits per heavy atom. The van der Waals surface area contributed by atoms with E-state index in [4.69, 9.17) is 0 Å². The molecule has 1 heterocycles. The number of hydrogen-bond donors (Lipinski definition) is 0. The van der Waals surface area contributed by atoms with Crippen LogP contribution in [0.15, 0.2) is 30.5 Å². The fourth-order valence-electron chi connectivity index (χ4n) is 1.50. The van der Waals surface area contributed by atoms with E-state index in [2.05, 4.69) is 48.3 Å². The zero-order valence-electron chi connectivity index (χ0n) is 8.57. The van der Waals surface area contributed by atoms with Crippen LogP contribution in [0, 0.1) is 0 Å². The molecule has 14 heavy (non-hydrogen) atoms. The van der Waals surface area contributed by atoms with E-state index in [1.165, 1.54) is 11.1 Å². The van der Waals surface area contributed by atoms with Crippen molar-refractivity contribution in [1.82, 2.24) is 9.88 Å². The number of fused-ring (bicyclic) bond motifs is 1. The van der Waals surface area contributed by atoms with Crippen molar-refractivity contribution in [2.75, 3.05) is 20.6 Å². The summed E-state index contributed by atoms with van der Waals surface area (Å²) in [4.78, 5) is 6.51. The monoisotopic (exact) mass is 186 g/mol. The van der Waals surface area contributed by atoms with Crippen LogP contribution in [0.25, 0.3) is 11.6 Å². The third-order valence-corrected chi connectivity index (χ3v) is 2.23. The van der Waals surface area contributed by atoms with Crippen LogP contribution < -0.4 is 0 Å². The third kappa shape index (κ3) is 1.75. The second kappa shape index (κ2) is 3.76. The molecule has 0 amide bonds. The summed E-state index contributed by atoms with van der Waals surface area (Å²) in [6, 6.07) is 4.06. The minimum Gasteiger partial charge on any atom is -0.306 e. The largest absolute Gasteiger partial charge is 0.306 e. The van der Waals surface area contributed by atoms with Gasteiger partial charge in [0.25, 0.3) is 0 Å². The quantitative estimate of drug-likeness (QED) is 0.702. The fourth-order valence-corrected chi connectivity index (χ4v) is 1.50. The molecule has 2 nitrogen and oxygen atoms in total. The Kier molecular flexibility index (Phi) is 2.46. The standard InChI is InChI=1S/C12H14N2/c1-14(2)9-7-11-6-5-10-4-3-8-13-12(10)11/h3-8H,9H2,1-2H3/b11-7+. The van der Waals surface area contributed by atoms with Crippen LogP contribution >= 0.6 is 0 Å². The van der Waals surface area contributed by atoms with Gasteiger partial charge in [0.1, 0.15) is 0 Å². The summed E-state index contributed by atoms with van der Waals surface area (Å²) >= 11 is 0. The molecule has 0 spiro atoms. The lowest BCUT2D eigenvalue weighted by atomic mass is 10.2. The van der Waals surface area contributed by atoms with E-state index in [1.807, 2.05) is 12.3 Å². The van der Waals surface area contributed by atoms with Crippen molar-refractivity contribution in [1.29, 1.82) is 0 Å². The molecule has 1 aliphatic carbocycles. The molecular weight excluding hydrogens is 172 g/mol. The van der Waals surface area contributed by atoms with E-state index in [-0.39, 0.29) is 0 Å². The average Bonchev–Trinajstić information content (AvgIpc) is 2.58. The summed E-state index contributed by atoms with van der Waals surface area (Å²) in [5, 5.41) is 0. The molecule has 0 aromatic carbocycles. The maximum Gasteiger partial charge on any atom is 0.0771 e. The van der Waals surface area contributed by atoms with E-state index in [0.29, 0.717) is 0 Å². The van der Waals surface area contributed by atoms with Crippen molar-refractivity contribution in [3.63, 3.8) is 0 Å². The van der Waals surface area contributed by atoms with E-state index in [1.54, 1.807) is 0 Å². The van der Waals surface area contributed by atoms with Crippen LogP contribution in [-0.4, -0.2) is 30.5 Å². The van der Waals surface area contributed by atoms with Gasteiger partial charge in [-0.15, -0.1) is 0 Å². The third-order valence-electron chi connectivity index (χ3n) is 2.23. The molecule has 2 rings (SSSR count). The summed E-state index contributed by atoms with van der Waals surface area (Å²) in [7, 11) is 4.13. The highest BCUT2D eigenvalue weighted by Gasteiger charge is 2.09. The first-order chi connectivity index (χ1) is 6.77. The summed E-state index contributed by atoms with van der Waals surface area (Å²) < 4.78 is 0. The molecule has 0 bridgehead atoms. The molecule has 0 unspecified atom stereocenters. The Hall–Kier alpha value is -1.41. The normalized spacial score (nSPS) is 16.6. The number of allylic oxidation sites excluding steroid dienone is 2. The Balaban J connectivity index is 2.26. The van der Waals surface area contributed by atoms with Gasteiger partial charge in [0.15, 0.2) is 0 Å². The fraction of sp³-hybridized carbons (Fsp3) is 0.250. The highest BCUT2D eigenvalue weighted by atomic mass is 15.0. The van der Waals surface area contributed by atoms with Crippen LogP contribution in [0.5, 0.6) is 0 Å². The summed E-state index contributed by atoms with van der Waals surface area (Å²) in [6.45, 7) is 0.954. The Morgan fingerprint density at radius 3 is 3.00 bits per heavy atom. The second-order valence-electron chi connectivity index (χ2n) is 3.70. The number of rotatable bonds is 2. The Labute approximate surface area is 84.6 Å². The molecule has 0 saturated heterocycles. The maximum absolute atomic E-state index is 4.37. The van der Waals surface area contributed by atoms with E-state index in [0.717, 1.165) is 12.2 Å². The molecule has 0 saturated carbocycles. The molecule has 1 aromatic heterocycles. The molecule has 1 aromatic rings. The summed E-state index contributed by atoms with van der Waals surface area (Å²) in [5.74, 6) is 0. The molecule has 1 aliphatic rings. The molecule has 0 fully saturated rings. The molecule has 0 N–H and O–H groups in total. The SMILES string of the molecule is CN(C)C/C=C1\C=Cc2cccnc21. The molecule has 2 heteroatoms. The first-order valence-electron chi connectivity index (χ1n) is 4.76. The zero-order valence-corrected chi connectivity index (χ0v) is 8.57. The molecule has 72 valence electrons. The van der Waals surface area contributed by atoms with Gasteiger partial charge in [-0.1, -0.05) is 24.3 Å². The van der Waals surface area contributed by atoms with Crippen LogP contribution in [-0.2, 0) is 0 Å². The minimum absolute atomic E-state index is 0.954. The van der Waals surface area contributed by atoms with Crippen LogP contribution in [0.1, 0.15) is 11.3 Å². The second-order valence-corrected chi connectivity index (χ2v) is 3.70. The smallest absolute Gasteiger partial charge is 0.0771 e. The van der Waals surface area contributed by atoms with E-state index < -0.39 is 0 Å². The minimum atomic E-state index is 0.954. The Bertz CT molecular complexity index is 389. The van der Waals surface area contributed by atoms with Gasteiger partial charge in [0.05, 0.1) is 5.69 Å². The predicted octanol–water partition coefficient (Wildman–Crippen LogP) is 2.05. The summed E-state index contributed by atoms with van der Waals surface area (Å²) in [5.41, 5.74) is 3.56. The first kappa shape index (κ1) is 9.16. The lowest BCUT2D eigenvalue weighted by Crippen LogP contribution is -2.10. The number of likely N-dealkylation sites (N-methyl/N-ethyl adjacent to an activating group) is 1.